The number of amides is 1. The lowest BCUT2D eigenvalue weighted by Gasteiger charge is -2.08. The Morgan fingerprint density at radius 3 is 2.40 bits per heavy atom. The number of nitrogens with one attached hydrogen (secondary N) is 1. The maximum absolute atomic E-state index is 11.3. The third-order valence-electron chi connectivity index (χ3n) is 1.90. The van der Waals surface area contributed by atoms with Crippen molar-refractivity contribution >= 4 is 17.4 Å². The van der Waals surface area contributed by atoms with Gasteiger partial charge in [0.2, 0.25) is 5.91 Å². The van der Waals surface area contributed by atoms with Crippen LogP contribution in [0.4, 0.5) is 5.69 Å². The Balaban J connectivity index is 3.10. The summed E-state index contributed by atoms with van der Waals surface area (Å²) in [4.78, 5) is 22.1. The zero-order chi connectivity index (χ0) is 11.4. The number of ketones is 1. The molecule has 0 aliphatic rings. The smallest absolute Gasteiger partial charge is 0.221 e. The fourth-order valence-electron chi connectivity index (χ4n) is 1.26. The second-order valence-corrected chi connectivity index (χ2v) is 3.15. The van der Waals surface area contributed by atoms with E-state index in [0.29, 0.717) is 17.0 Å². The molecule has 4 heteroatoms. The minimum Gasteiger partial charge on any atom is -0.496 e. The monoisotopic (exact) mass is 207 g/mol. The molecule has 80 valence electrons. The van der Waals surface area contributed by atoms with Crippen LogP contribution in [0, 0.1) is 0 Å². The van der Waals surface area contributed by atoms with Crippen LogP contribution in [0.3, 0.4) is 0 Å². The molecule has 1 rings (SSSR count). The van der Waals surface area contributed by atoms with Gasteiger partial charge in [0.15, 0.2) is 5.78 Å². The van der Waals surface area contributed by atoms with Gasteiger partial charge in [0.05, 0.1) is 12.7 Å². The molecule has 0 spiro atoms. The zero-order valence-electron chi connectivity index (χ0n) is 8.96. The number of Topliss-reactive ketones (excluding diaryl/α,β-unsaturated/α-hetero) is 1. The van der Waals surface area contributed by atoms with E-state index in [1.165, 1.54) is 21.0 Å². The summed E-state index contributed by atoms with van der Waals surface area (Å²) in [5.41, 5.74) is 1.05. The Kier molecular flexibility index (Phi) is 3.44. The molecule has 1 aromatic rings. The number of hydrogen-bond donors (Lipinski definition) is 1. The van der Waals surface area contributed by atoms with Gasteiger partial charge in [-0.2, -0.15) is 0 Å². The third-order valence-corrected chi connectivity index (χ3v) is 1.90. The van der Waals surface area contributed by atoms with Crippen LogP contribution in [0.2, 0.25) is 0 Å². The summed E-state index contributed by atoms with van der Waals surface area (Å²) in [6.45, 7) is 2.87. The first-order valence-corrected chi connectivity index (χ1v) is 4.51. The van der Waals surface area contributed by atoms with Crippen LogP contribution in [0.1, 0.15) is 24.2 Å². The van der Waals surface area contributed by atoms with Crippen molar-refractivity contribution in [2.75, 3.05) is 12.4 Å². The van der Waals surface area contributed by atoms with Crippen LogP contribution in [-0.2, 0) is 4.79 Å². The minimum atomic E-state index is -0.172. The number of rotatable bonds is 3. The second kappa shape index (κ2) is 4.59. The SMILES string of the molecule is COc1ccc(NC(C)=O)cc1C(C)=O. The van der Waals surface area contributed by atoms with Crippen LogP contribution in [0.5, 0.6) is 5.75 Å². The van der Waals surface area contributed by atoms with E-state index >= 15 is 0 Å². The topological polar surface area (TPSA) is 55.4 Å². The van der Waals surface area contributed by atoms with E-state index in [0.717, 1.165) is 0 Å². The molecule has 0 heterocycles. The number of anilines is 1. The van der Waals surface area contributed by atoms with Gasteiger partial charge >= 0.3 is 0 Å². The highest BCUT2D eigenvalue weighted by Crippen LogP contribution is 2.22. The van der Waals surface area contributed by atoms with Crippen LogP contribution >= 0.6 is 0 Å². The van der Waals surface area contributed by atoms with Gasteiger partial charge in [-0.15, -0.1) is 0 Å². The van der Waals surface area contributed by atoms with Crippen molar-refractivity contribution in [2.45, 2.75) is 13.8 Å². The molecule has 15 heavy (non-hydrogen) atoms. The fourth-order valence-corrected chi connectivity index (χ4v) is 1.26. The van der Waals surface area contributed by atoms with E-state index in [1.807, 2.05) is 0 Å². The van der Waals surface area contributed by atoms with Gasteiger partial charge in [-0.05, 0) is 25.1 Å². The van der Waals surface area contributed by atoms with Crippen molar-refractivity contribution < 1.29 is 14.3 Å². The second-order valence-electron chi connectivity index (χ2n) is 3.15. The summed E-state index contributed by atoms with van der Waals surface area (Å²) in [7, 11) is 1.50. The van der Waals surface area contributed by atoms with Gasteiger partial charge in [0.25, 0.3) is 0 Å². The summed E-state index contributed by atoms with van der Waals surface area (Å²) in [5.74, 6) is 0.241. The van der Waals surface area contributed by atoms with E-state index in [9.17, 15) is 9.59 Å². The average molecular weight is 207 g/mol. The quantitative estimate of drug-likeness (QED) is 0.769. The number of methoxy groups -OCH3 is 1. The molecule has 0 saturated carbocycles. The lowest BCUT2D eigenvalue weighted by Crippen LogP contribution is -2.07. The number of carbonyl (C=O) groups excluding carboxylic acids is 2. The maximum atomic E-state index is 11.3. The van der Waals surface area contributed by atoms with Crippen molar-refractivity contribution in [1.29, 1.82) is 0 Å². The predicted molar refractivity (Wildman–Crippen MR) is 57.3 cm³/mol. The van der Waals surface area contributed by atoms with Gasteiger partial charge in [-0.1, -0.05) is 0 Å². The standard InChI is InChI=1S/C11H13NO3/c1-7(13)10-6-9(12-8(2)14)4-5-11(10)15-3/h4-6H,1-3H3,(H,12,14). The molecular weight excluding hydrogens is 194 g/mol. The molecule has 0 aliphatic heterocycles. The number of hydrogen-bond acceptors (Lipinski definition) is 3. The highest BCUT2D eigenvalue weighted by Gasteiger charge is 2.09. The van der Waals surface area contributed by atoms with Crippen molar-refractivity contribution in [3.8, 4) is 5.75 Å². The molecule has 0 bridgehead atoms. The van der Waals surface area contributed by atoms with Gasteiger partial charge in [-0.3, -0.25) is 9.59 Å². The number of benzene rings is 1. The van der Waals surface area contributed by atoms with E-state index in [-0.39, 0.29) is 11.7 Å². The molecule has 0 saturated heterocycles. The highest BCUT2D eigenvalue weighted by atomic mass is 16.5. The minimum absolute atomic E-state index is 0.0981. The first-order chi connectivity index (χ1) is 7.04. The molecular formula is C11H13NO3. The number of carbonyl (C=O) groups is 2. The Labute approximate surface area is 88.2 Å². The molecule has 1 amide bonds. The Hall–Kier alpha value is -1.84. The molecule has 0 fully saturated rings. The lowest BCUT2D eigenvalue weighted by atomic mass is 10.1. The van der Waals surface area contributed by atoms with Crippen LogP contribution in [-0.4, -0.2) is 18.8 Å². The van der Waals surface area contributed by atoms with Crippen molar-refractivity contribution in [1.82, 2.24) is 0 Å². The molecule has 0 aromatic heterocycles. The Morgan fingerprint density at radius 2 is 1.93 bits per heavy atom. The van der Waals surface area contributed by atoms with Crippen molar-refractivity contribution in [3.05, 3.63) is 23.8 Å². The summed E-state index contributed by atoms with van der Waals surface area (Å²) >= 11 is 0. The molecule has 4 nitrogen and oxygen atoms in total. The molecule has 1 aromatic carbocycles. The maximum Gasteiger partial charge on any atom is 0.221 e. The summed E-state index contributed by atoms with van der Waals surface area (Å²) in [6, 6.07) is 4.94. The summed E-state index contributed by atoms with van der Waals surface area (Å²) < 4.78 is 5.03. The van der Waals surface area contributed by atoms with Crippen molar-refractivity contribution in [2.24, 2.45) is 0 Å². The average Bonchev–Trinajstić information content (AvgIpc) is 2.16. The molecule has 0 radical (unpaired) electrons. The fraction of sp³-hybridized carbons (Fsp3) is 0.273. The van der Waals surface area contributed by atoms with Gasteiger partial charge < -0.3 is 10.1 Å². The highest BCUT2D eigenvalue weighted by molar-refractivity contribution is 5.99. The predicted octanol–water partition coefficient (Wildman–Crippen LogP) is 1.86. The normalized spacial score (nSPS) is 9.53. The van der Waals surface area contributed by atoms with Crippen molar-refractivity contribution in [3.63, 3.8) is 0 Å². The van der Waals surface area contributed by atoms with Crippen LogP contribution < -0.4 is 10.1 Å². The summed E-state index contributed by atoms with van der Waals surface area (Å²) in [6.07, 6.45) is 0. The van der Waals surface area contributed by atoms with Crippen LogP contribution in [0.15, 0.2) is 18.2 Å². The Morgan fingerprint density at radius 1 is 1.27 bits per heavy atom. The molecule has 0 unspecified atom stereocenters. The largest absolute Gasteiger partial charge is 0.496 e. The first-order valence-electron chi connectivity index (χ1n) is 4.51. The molecule has 0 aliphatic carbocycles. The zero-order valence-corrected chi connectivity index (χ0v) is 8.96. The first kappa shape index (κ1) is 11.2. The Bertz CT molecular complexity index is 399. The van der Waals surface area contributed by atoms with E-state index in [1.54, 1.807) is 18.2 Å². The molecule has 1 N–H and O–H groups in total. The van der Waals surface area contributed by atoms with E-state index in [4.69, 9.17) is 4.74 Å². The van der Waals surface area contributed by atoms with Gasteiger partial charge in [-0.25, -0.2) is 0 Å². The van der Waals surface area contributed by atoms with Crippen LogP contribution in [0.25, 0.3) is 0 Å². The molecule has 0 atom stereocenters. The van der Waals surface area contributed by atoms with Gasteiger partial charge in [0, 0.05) is 12.6 Å². The van der Waals surface area contributed by atoms with E-state index < -0.39 is 0 Å². The number of ether oxygens (including phenoxy) is 1. The lowest BCUT2D eigenvalue weighted by molar-refractivity contribution is -0.114. The third kappa shape index (κ3) is 2.80. The van der Waals surface area contributed by atoms with Gasteiger partial charge in [0.1, 0.15) is 5.75 Å². The van der Waals surface area contributed by atoms with E-state index in [2.05, 4.69) is 5.32 Å². The summed E-state index contributed by atoms with van der Waals surface area (Å²) in [5, 5.41) is 2.60.